The molecule has 0 fully saturated rings. The molecular formula is C22H24ClN3O4S. The van der Waals surface area contributed by atoms with Crippen LogP contribution in [0.15, 0.2) is 53.6 Å². The van der Waals surface area contributed by atoms with Crippen LogP contribution >= 0.6 is 11.6 Å². The minimum absolute atomic E-state index is 0.0349. The number of nitrogens with two attached hydrogens (primary N) is 1. The molecule has 0 saturated heterocycles. The minimum Gasteiger partial charge on any atom is -0.477 e. The molecule has 1 aromatic heterocycles. The molecule has 1 heterocycles. The van der Waals surface area contributed by atoms with Gasteiger partial charge in [-0.15, -0.1) is 0 Å². The predicted octanol–water partition coefficient (Wildman–Crippen LogP) is 4.14. The van der Waals surface area contributed by atoms with Gasteiger partial charge in [-0.25, -0.2) is 18.5 Å². The highest BCUT2D eigenvalue weighted by Crippen LogP contribution is 2.32. The normalized spacial score (nSPS) is 11.6. The van der Waals surface area contributed by atoms with Crippen molar-refractivity contribution in [2.75, 3.05) is 11.9 Å². The maximum atomic E-state index is 12.6. The van der Waals surface area contributed by atoms with Crippen LogP contribution in [-0.4, -0.2) is 25.9 Å². The molecule has 0 unspecified atom stereocenters. The second-order valence-corrected chi connectivity index (χ2v) is 9.52. The fraction of sp³-hybridized carbons (Fsp3) is 0.273. The van der Waals surface area contributed by atoms with E-state index in [0.29, 0.717) is 33.9 Å². The molecule has 0 bridgehead atoms. The third-order valence-corrected chi connectivity index (χ3v) is 5.96. The van der Waals surface area contributed by atoms with Gasteiger partial charge in [0, 0.05) is 27.7 Å². The van der Waals surface area contributed by atoms with E-state index in [9.17, 15) is 13.2 Å². The zero-order valence-electron chi connectivity index (χ0n) is 17.3. The van der Waals surface area contributed by atoms with Crippen molar-refractivity contribution < 1.29 is 17.9 Å². The number of primary sulfonamides is 1. The van der Waals surface area contributed by atoms with Crippen LogP contribution in [0.1, 0.15) is 25.8 Å². The Kier molecular flexibility index (Phi) is 7.15. The Morgan fingerprint density at radius 2 is 1.94 bits per heavy atom. The molecule has 0 aliphatic rings. The van der Waals surface area contributed by atoms with Gasteiger partial charge in [0.05, 0.1) is 17.9 Å². The summed E-state index contributed by atoms with van der Waals surface area (Å²) in [7, 11) is -4.06. The van der Waals surface area contributed by atoms with Crippen LogP contribution in [-0.2, 0) is 21.2 Å². The zero-order valence-corrected chi connectivity index (χ0v) is 18.8. The average molecular weight is 462 g/mol. The number of amides is 1. The Morgan fingerprint density at radius 1 is 1.19 bits per heavy atom. The largest absolute Gasteiger partial charge is 0.477 e. The van der Waals surface area contributed by atoms with Gasteiger partial charge in [0.25, 0.3) is 0 Å². The van der Waals surface area contributed by atoms with Crippen LogP contribution in [0.2, 0.25) is 5.02 Å². The molecule has 164 valence electrons. The quantitative estimate of drug-likeness (QED) is 0.523. The molecule has 3 aromatic rings. The lowest BCUT2D eigenvalue weighted by atomic mass is 10.1. The number of nitrogens with one attached hydrogen (secondary N) is 1. The topological polar surface area (TPSA) is 111 Å². The molecule has 0 radical (unpaired) electrons. The Hall–Kier alpha value is -2.68. The summed E-state index contributed by atoms with van der Waals surface area (Å²) in [6.07, 6.45) is 2.32. The summed E-state index contributed by atoms with van der Waals surface area (Å²) in [5.74, 6) is 0.374. The molecule has 31 heavy (non-hydrogen) atoms. The summed E-state index contributed by atoms with van der Waals surface area (Å²) in [6.45, 7) is 4.58. The number of aromatic nitrogens is 1. The summed E-state index contributed by atoms with van der Waals surface area (Å²) >= 11 is 6.13. The first-order valence-corrected chi connectivity index (χ1v) is 11.7. The number of rotatable bonds is 8. The first-order chi connectivity index (χ1) is 14.6. The number of fused-ring (bicyclic) bond motifs is 1. The zero-order chi connectivity index (χ0) is 22.6. The van der Waals surface area contributed by atoms with Crippen LogP contribution in [0, 0.1) is 5.92 Å². The van der Waals surface area contributed by atoms with Crippen molar-refractivity contribution in [3.05, 3.63) is 59.2 Å². The van der Waals surface area contributed by atoms with E-state index in [-0.39, 0.29) is 28.8 Å². The molecule has 0 atom stereocenters. The fourth-order valence-corrected chi connectivity index (χ4v) is 4.04. The molecule has 0 aliphatic carbocycles. The van der Waals surface area contributed by atoms with Crippen LogP contribution in [0.4, 0.5) is 5.69 Å². The molecule has 0 saturated carbocycles. The number of pyridine rings is 1. The van der Waals surface area contributed by atoms with E-state index in [1.54, 1.807) is 36.4 Å². The van der Waals surface area contributed by atoms with Crippen molar-refractivity contribution in [3.8, 4) is 5.88 Å². The first kappa shape index (κ1) is 23.0. The number of carbonyl (C=O) groups is 1. The van der Waals surface area contributed by atoms with Gasteiger partial charge in [-0.3, -0.25) is 4.79 Å². The van der Waals surface area contributed by atoms with Crippen molar-refractivity contribution >= 4 is 44.0 Å². The van der Waals surface area contributed by atoms with Crippen LogP contribution < -0.4 is 15.2 Å². The maximum Gasteiger partial charge on any atom is 0.238 e. The number of hydrogen-bond donors (Lipinski definition) is 2. The Balaban J connectivity index is 1.97. The lowest BCUT2D eigenvalue weighted by molar-refractivity contribution is -0.115. The van der Waals surface area contributed by atoms with Gasteiger partial charge in [-0.2, -0.15) is 0 Å². The van der Waals surface area contributed by atoms with E-state index in [0.717, 1.165) is 6.42 Å². The van der Waals surface area contributed by atoms with E-state index >= 15 is 0 Å². The van der Waals surface area contributed by atoms with Gasteiger partial charge in [0.2, 0.25) is 21.8 Å². The highest BCUT2D eigenvalue weighted by Gasteiger charge is 2.18. The second kappa shape index (κ2) is 9.64. The highest BCUT2D eigenvalue weighted by molar-refractivity contribution is 7.89. The van der Waals surface area contributed by atoms with E-state index in [1.165, 1.54) is 12.3 Å². The molecule has 1 amide bonds. The Morgan fingerprint density at radius 3 is 2.61 bits per heavy atom. The standard InChI is InChI=1S/C22H24ClN3O4S/c1-14(2)8-10-30-22-18-12-16(13-20(31(24,28)29)17(18)7-9-25-22)26-21(27)11-15-5-3-4-6-19(15)23/h3-7,9,12-14H,8,10-11H2,1-2H3,(H,26,27)(H2,24,28,29). The Bertz CT molecular complexity index is 1210. The van der Waals surface area contributed by atoms with Gasteiger partial charge in [-0.1, -0.05) is 43.6 Å². The van der Waals surface area contributed by atoms with Crippen molar-refractivity contribution in [2.45, 2.75) is 31.6 Å². The number of benzene rings is 2. The van der Waals surface area contributed by atoms with Crippen molar-refractivity contribution in [1.29, 1.82) is 0 Å². The van der Waals surface area contributed by atoms with Gasteiger partial charge in [0.15, 0.2) is 0 Å². The predicted molar refractivity (Wildman–Crippen MR) is 122 cm³/mol. The third-order valence-electron chi connectivity index (χ3n) is 4.64. The lowest BCUT2D eigenvalue weighted by Gasteiger charge is -2.14. The number of sulfonamides is 1. The summed E-state index contributed by atoms with van der Waals surface area (Å²) in [6, 6.07) is 11.5. The molecule has 0 spiro atoms. The highest BCUT2D eigenvalue weighted by atomic mass is 35.5. The number of halogens is 1. The molecule has 7 nitrogen and oxygen atoms in total. The number of nitrogens with zero attached hydrogens (tertiary/aromatic N) is 1. The van der Waals surface area contributed by atoms with Crippen LogP contribution in [0.25, 0.3) is 10.8 Å². The van der Waals surface area contributed by atoms with Crippen LogP contribution in [0.3, 0.4) is 0 Å². The summed E-state index contributed by atoms with van der Waals surface area (Å²) in [5, 5.41) is 9.46. The van der Waals surface area contributed by atoms with Crippen LogP contribution in [0.5, 0.6) is 5.88 Å². The van der Waals surface area contributed by atoms with Crippen molar-refractivity contribution in [2.24, 2.45) is 11.1 Å². The first-order valence-electron chi connectivity index (χ1n) is 9.76. The lowest BCUT2D eigenvalue weighted by Crippen LogP contribution is -2.17. The van der Waals surface area contributed by atoms with Crippen molar-refractivity contribution in [1.82, 2.24) is 4.98 Å². The summed E-state index contributed by atoms with van der Waals surface area (Å²) < 4.78 is 30.2. The smallest absolute Gasteiger partial charge is 0.238 e. The van der Waals surface area contributed by atoms with E-state index < -0.39 is 10.0 Å². The number of hydrogen-bond acceptors (Lipinski definition) is 5. The summed E-state index contributed by atoms with van der Waals surface area (Å²) in [5.41, 5.74) is 0.934. The van der Waals surface area contributed by atoms with E-state index in [4.69, 9.17) is 21.5 Å². The monoisotopic (exact) mass is 461 g/mol. The Labute approximate surface area is 186 Å². The average Bonchev–Trinajstić information content (AvgIpc) is 2.68. The second-order valence-electron chi connectivity index (χ2n) is 7.58. The fourth-order valence-electron chi connectivity index (χ4n) is 3.06. The molecule has 3 rings (SSSR count). The van der Waals surface area contributed by atoms with Crippen molar-refractivity contribution in [3.63, 3.8) is 0 Å². The number of carbonyl (C=O) groups excluding carboxylic acids is 1. The summed E-state index contributed by atoms with van der Waals surface area (Å²) in [4.78, 5) is 16.7. The van der Waals surface area contributed by atoms with Gasteiger partial charge in [0.1, 0.15) is 0 Å². The van der Waals surface area contributed by atoms with E-state index in [2.05, 4.69) is 24.1 Å². The number of ether oxygens (including phenoxy) is 1. The van der Waals surface area contributed by atoms with E-state index in [1.807, 2.05) is 0 Å². The minimum atomic E-state index is -4.06. The van der Waals surface area contributed by atoms with Gasteiger partial charge < -0.3 is 10.1 Å². The third kappa shape index (κ3) is 5.94. The maximum absolute atomic E-state index is 12.6. The molecular weight excluding hydrogens is 438 g/mol. The molecule has 0 aliphatic heterocycles. The van der Waals surface area contributed by atoms with Gasteiger partial charge in [-0.05, 0) is 42.2 Å². The molecule has 2 aromatic carbocycles. The molecule has 3 N–H and O–H groups in total. The SMILES string of the molecule is CC(C)CCOc1nccc2c(S(N)(=O)=O)cc(NC(=O)Cc3ccccc3Cl)cc12. The van der Waals surface area contributed by atoms with Gasteiger partial charge >= 0.3 is 0 Å². The molecule has 9 heteroatoms. The number of anilines is 1.